The van der Waals surface area contributed by atoms with E-state index in [4.69, 9.17) is 0 Å². The van der Waals surface area contributed by atoms with E-state index in [1.54, 1.807) is 12.5 Å². The van der Waals surface area contributed by atoms with Gasteiger partial charge in [-0.05, 0) is 25.7 Å². The minimum absolute atomic E-state index is 0.261. The smallest absolute Gasteiger partial charge is 0.184 e. The van der Waals surface area contributed by atoms with Gasteiger partial charge in [-0.2, -0.15) is 0 Å². The lowest BCUT2D eigenvalue weighted by Crippen LogP contribution is -2.28. The molecule has 0 spiro atoms. The molecule has 0 radical (unpaired) electrons. The van der Waals surface area contributed by atoms with E-state index in [0.717, 1.165) is 24.5 Å². The molecule has 0 N–H and O–H groups in total. The highest BCUT2D eigenvalue weighted by Gasteiger charge is 2.35. The van der Waals surface area contributed by atoms with Crippen molar-refractivity contribution in [2.75, 3.05) is 0 Å². The number of carbonyl (C=O) groups excluding carboxylic acids is 1. The number of hydrogen-bond donors (Lipinski definition) is 0. The Morgan fingerprint density at radius 1 is 1.53 bits per heavy atom. The molecule has 2 unspecified atom stereocenters. The number of Topliss-reactive ketones (excluding diaryl/α,β-unsaturated/α-hetero) is 1. The van der Waals surface area contributed by atoms with Crippen molar-refractivity contribution < 1.29 is 4.79 Å². The average molecular weight is 204 g/mol. The Morgan fingerprint density at radius 2 is 2.33 bits per heavy atom. The summed E-state index contributed by atoms with van der Waals surface area (Å²) < 4.78 is 2.02. The molecule has 1 aromatic heterocycles. The molecule has 0 saturated heterocycles. The molecule has 2 aliphatic rings. The Bertz CT molecular complexity index is 392. The molecular formula is C12H16N2O. The van der Waals surface area contributed by atoms with E-state index in [2.05, 4.69) is 11.9 Å². The van der Waals surface area contributed by atoms with Crippen LogP contribution >= 0.6 is 0 Å². The van der Waals surface area contributed by atoms with Gasteiger partial charge in [0.1, 0.15) is 5.69 Å². The van der Waals surface area contributed by atoms with Gasteiger partial charge < -0.3 is 4.57 Å². The molecule has 2 heterocycles. The second kappa shape index (κ2) is 3.19. The number of carbonyl (C=O) groups is 1. The highest BCUT2D eigenvalue weighted by Crippen LogP contribution is 2.40. The summed E-state index contributed by atoms with van der Waals surface area (Å²) in [5.41, 5.74) is 0.819. The van der Waals surface area contributed by atoms with E-state index in [-0.39, 0.29) is 5.92 Å². The van der Waals surface area contributed by atoms with E-state index in [0.29, 0.717) is 11.8 Å². The summed E-state index contributed by atoms with van der Waals surface area (Å²) in [4.78, 5) is 16.2. The number of imidazole rings is 1. The summed E-state index contributed by atoms with van der Waals surface area (Å²) >= 11 is 0. The van der Waals surface area contributed by atoms with Crippen LogP contribution in [0.1, 0.15) is 49.1 Å². The van der Waals surface area contributed by atoms with Gasteiger partial charge in [0.05, 0.1) is 12.5 Å². The molecule has 3 heteroatoms. The molecule has 1 saturated carbocycles. The molecule has 3 nitrogen and oxygen atoms in total. The highest BCUT2D eigenvalue weighted by molar-refractivity contribution is 5.97. The third kappa shape index (κ3) is 1.50. The van der Waals surface area contributed by atoms with E-state index < -0.39 is 0 Å². The van der Waals surface area contributed by atoms with Gasteiger partial charge in [-0.25, -0.2) is 4.98 Å². The molecule has 3 rings (SSSR count). The standard InChI is InChI=1S/C12H16N2O/c1-8-4-10(5-9-2-3-9)12(15)11-6-13-7-14(8)11/h6-10H,2-5H2,1H3. The van der Waals surface area contributed by atoms with Crippen molar-refractivity contribution in [3.63, 3.8) is 0 Å². The van der Waals surface area contributed by atoms with Crippen molar-refractivity contribution in [2.24, 2.45) is 11.8 Å². The fourth-order valence-electron chi connectivity index (χ4n) is 2.65. The van der Waals surface area contributed by atoms with Gasteiger partial charge in [-0.3, -0.25) is 4.79 Å². The first-order valence-electron chi connectivity index (χ1n) is 5.81. The first kappa shape index (κ1) is 9.13. The van der Waals surface area contributed by atoms with Crippen LogP contribution in [0.4, 0.5) is 0 Å². The normalized spacial score (nSPS) is 30.3. The molecule has 2 atom stereocenters. The third-order valence-electron chi connectivity index (χ3n) is 3.70. The van der Waals surface area contributed by atoms with Crippen molar-refractivity contribution in [1.82, 2.24) is 9.55 Å². The number of fused-ring (bicyclic) bond motifs is 1. The van der Waals surface area contributed by atoms with Gasteiger partial charge in [-0.1, -0.05) is 12.8 Å². The van der Waals surface area contributed by atoms with Crippen LogP contribution in [-0.4, -0.2) is 15.3 Å². The lowest BCUT2D eigenvalue weighted by Gasteiger charge is -2.27. The van der Waals surface area contributed by atoms with E-state index in [9.17, 15) is 4.79 Å². The van der Waals surface area contributed by atoms with Crippen molar-refractivity contribution in [1.29, 1.82) is 0 Å². The van der Waals surface area contributed by atoms with Crippen molar-refractivity contribution in [2.45, 2.75) is 38.6 Å². The van der Waals surface area contributed by atoms with Crippen LogP contribution in [0, 0.1) is 11.8 Å². The lowest BCUT2D eigenvalue weighted by molar-refractivity contribution is 0.0848. The van der Waals surface area contributed by atoms with Crippen LogP contribution < -0.4 is 0 Å². The lowest BCUT2D eigenvalue weighted by atomic mass is 9.86. The number of hydrogen-bond acceptors (Lipinski definition) is 2. The van der Waals surface area contributed by atoms with Gasteiger partial charge in [0.2, 0.25) is 0 Å². The first-order valence-corrected chi connectivity index (χ1v) is 5.81. The van der Waals surface area contributed by atoms with Gasteiger partial charge in [-0.15, -0.1) is 0 Å². The zero-order valence-electron chi connectivity index (χ0n) is 9.02. The molecule has 1 aliphatic heterocycles. The summed E-state index contributed by atoms with van der Waals surface area (Å²) in [6.07, 6.45) is 8.27. The molecule has 0 amide bonds. The Hall–Kier alpha value is -1.12. The van der Waals surface area contributed by atoms with Crippen molar-refractivity contribution >= 4 is 5.78 Å². The van der Waals surface area contributed by atoms with Crippen LogP contribution in [0.2, 0.25) is 0 Å². The minimum atomic E-state index is 0.261. The van der Waals surface area contributed by atoms with E-state index >= 15 is 0 Å². The molecular weight excluding hydrogens is 188 g/mol. The topological polar surface area (TPSA) is 34.9 Å². The minimum Gasteiger partial charge on any atom is -0.325 e. The third-order valence-corrected chi connectivity index (χ3v) is 3.70. The number of aromatic nitrogens is 2. The quantitative estimate of drug-likeness (QED) is 0.741. The Morgan fingerprint density at radius 3 is 3.07 bits per heavy atom. The molecule has 1 fully saturated rings. The summed E-state index contributed by atoms with van der Waals surface area (Å²) in [6, 6.07) is 0.434. The fraction of sp³-hybridized carbons (Fsp3) is 0.667. The number of nitrogens with zero attached hydrogens (tertiary/aromatic N) is 2. The van der Waals surface area contributed by atoms with Gasteiger partial charge in [0.15, 0.2) is 5.78 Å². The maximum Gasteiger partial charge on any atom is 0.184 e. The van der Waals surface area contributed by atoms with Gasteiger partial charge in [0.25, 0.3) is 0 Å². The molecule has 15 heavy (non-hydrogen) atoms. The largest absolute Gasteiger partial charge is 0.325 e. The van der Waals surface area contributed by atoms with Crippen LogP contribution in [0.5, 0.6) is 0 Å². The monoisotopic (exact) mass is 204 g/mol. The summed E-state index contributed by atoms with van der Waals surface area (Å²) in [6.45, 7) is 2.18. The zero-order valence-corrected chi connectivity index (χ0v) is 9.02. The van der Waals surface area contributed by atoms with Gasteiger partial charge >= 0.3 is 0 Å². The van der Waals surface area contributed by atoms with Crippen molar-refractivity contribution in [3.8, 4) is 0 Å². The molecule has 1 aliphatic carbocycles. The molecule has 0 bridgehead atoms. The first-order chi connectivity index (χ1) is 7.25. The van der Waals surface area contributed by atoms with E-state index in [1.165, 1.54) is 12.8 Å². The van der Waals surface area contributed by atoms with Crippen LogP contribution in [0.3, 0.4) is 0 Å². The average Bonchev–Trinajstić information content (AvgIpc) is 2.88. The van der Waals surface area contributed by atoms with E-state index in [1.807, 2.05) is 4.57 Å². The highest BCUT2D eigenvalue weighted by atomic mass is 16.1. The predicted molar refractivity (Wildman–Crippen MR) is 56.7 cm³/mol. The number of ketones is 1. The second-order valence-electron chi connectivity index (χ2n) is 5.01. The molecule has 1 aromatic rings. The van der Waals surface area contributed by atoms with Crippen LogP contribution in [0.25, 0.3) is 0 Å². The van der Waals surface area contributed by atoms with Gasteiger partial charge in [0, 0.05) is 12.0 Å². The summed E-state index contributed by atoms with van der Waals surface area (Å²) in [5, 5.41) is 0. The van der Waals surface area contributed by atoms with Crippen LogP contribution in [0.15, 0.2) is 12.5 Å². The van der Waals surface area contributed by atoms with Crippen LogP contribution in [-0.2, 0) is 0 Å². The second-order valence-corrected chi connectivity index (χ2v) is 5.01. The summed E-state index contributed by atoms with van der Waals surface area (Å²) in [5.74, 6) is 1.41. The maximum atomic E-state index is 12.1. The Kier molecular flexibility index (Phi) is 1.94. The SMILES string of the molecule is CC1CC(CC2CC2)C(=O)c2cncn21. The molecule has 80 valence electrons. The Labute approximate surface area is 89.5 Å². The predicted octanol–water partition coefficient (Wildman–Crippen LogP) is 2.45. The Balaban J connectivity index is 1.87. The maximum absolute atomic E-state index is 12.1. The number of rotatable bonds is 2. The summed E-state index contributed by atoms with van der Waals surface area (Å²) in [7, 11) is 0. The van der Waals surface area contributed by atoms with Crippen molar-refractivity contribution in [3.05, 3.63) is 18.2 Å². The molecule has 0 aromatic carbocycles. The fourth-order valence-corrected chi connectivity index (χ4v) is 2.65. The zero-order chi connectivity index (χ0) is 10.4.